The van der Waals surface area contributed by atoms with Crippen LogP contribution < -0.4 is 10.5 Å². The van der Waals surface area contributed by atoms with Crippen molar-refractivity contribution in [2.45, 2.75) is 25.5 Å². The number of para-hydroxylation sites is 1. The molecule has 0 radical (unpaired) electrons. The third kappa shape index (κ3) is 3.48. The summed E-state index contributed by atoms with van der Waals surface area (Å²) in [5.74, 6) is 0.671. The van der Waals surface area contributed by atoms with Gasteiger partial charge < -0.3 is 20.7 Å². The quantitative estimate of drug-likeness (QED) is 0.670. The Hall–Kier alpha value is -1.10. The van der Waals surface area contributed by atoms with E-state index in [0.29, 0.717) is 5.75 Å². The third-order valence-electron chi connectivity index (χ3n) is 2.40. The molecule has 0 amide bonds. The van der Waals surface area contributed by atoms with Crippen molar-refractivity contribution in [1.82, 2.24) is 0 Å². The molecule has 0 spiro atoms. The number of nitrogens with two attached hydrogens (primary N) is 1. The van der Waals surface area contributed by atoms with Crippen molar-refractivity contribution < 1.29 is 14.9 Å². The van der Waals surface area contributed by atoms with Gasteiger partial charge in [-0.1, -0.05) is 25.1 Å². The van der Waals surface area contributed by atoms with Crippen LogP contribution in [-0.2, 0) is 0 Å². The van der Waals surface area contributed by atoms with Crippen molar-refractivity contribution in [1.29, 1.82) is 0 Å². The lowest BCUT2D eigenvalue weighted by Gasteiger charge is -2.16. The summed E-state index contributed by atoms with van der Waals surface area (Å²) < 4.78 is 5.42. The highest BCUT2D eigenvalue weighted by atomic mass is 16.5. The molecule has 0 fully saturated rings. The molecule has 0 saturated carbocycles. The first-order valence-electron chi connectivity index (χ1n) is 5.45. The van der Waals surface area contributed by atoms with Crippen LogP contribution in [0.4, 0.5) is 0 Å². The molecule has 2 atom stereocenters. The molecule has 4 heteroatoms. The Morgan fingerprint density at radius 3 is 2.69 bits per heavy atom. The van der Waals surface area contributed by atoms with E-state index in [1.165, 1.54) is 0 Å². The first kappa shape index (κ1) is 13.0. The van der Waals surface area contributed by atoms with E-state index in [2.05, 4.69) is 0 Å². The maximum Gasteiger partial charge on any atom is 0.124 e. The number of aliphatic hydroxyl groups excluding tert-OH is 2. The highest BCUT2D eigenvalue weighted by Gasteiger charge is 2.11. The Balaban J connectivity index is 2.71. The van der Waals surface area contributed by atoms with Crippen molar-refractivity contribution in [3.63, 3.8) is 0 Å². The summed E-state index contributed by atoms with van der Waals surface area (Å²) in [4.78, 5) is 0. The first-order chi connectivity index (χ1) is 7.69. The molecule has 1 unspecified atom stereocenters. The fourth-order valence-corrected chi connectivity index (χ4v) is 1.38. The van der Waals surface area contributed by atoms with E-state index >= 15 is 0 Å². The topological polar surface area (TPSA) is 75.7 Å². The molecular formula is C12H19NO3. The molecule has 1 aromatic rings. The van der Waals surface area contributed by atoms with Gasteiger partial charge in [0.05, 0.1) is 6.61 Å². The van der Waals surface area contributed by atoms with Crippen LogP contribution in [-0.4, -0.2) is 29.5 Å². The summed E-state index contributed by atoms with van der Waals surface area (Å²) in [6.07, 6.45) is -0.0333. The van der Waals surface area contributed by atoms with Gasteiger partial charge in [-0.3, -0.25) is 0 Å². The summed E-state index contributed by atoms with van der Waals surface area (Å²) in [7, 11) is 0. The van der Waals surface area contributed by atoms with Crippen LogP contribution in [0.1, 0.15) is 24.9 Å². The minimum atomic E-state index is -0.856. The molecule has 0 saturated heterocycles. The molecule has 1 aromatic carbocycles. The van der Waals surface area contributed by atoms with E-state index in [9.17, 15) is 5.11 Å². The van der Waals surface area contributed by atoms with Crippen LogP contribution in [0.5, 0.6) is 5.75 Å². The molecule has 4 nitrogen and oxygen atoms in total. The van der Waals surface area contributed by atoms with Gasteiger partial charge in [0.15, 0.2) is 0 Å². The van der Waals surface area contributed by atoms with Gasteiger partial charge in [-0.25, -0.2) is 0 Å². The van der Waals surface area contributed by atoms with Crippen LogP contribution in [0.15, 0.2) is 24.3 Å². The Kier molecular flexibility index (Phi) is 5.25. The number of hydrogen-bond acceptors (Lipinski definition) is 4. The number of benzene rings is 1. The van der Waals surface area contributed by atoms with Gasteiger partial charge >= 0.3 is 0 Å². The fourth-order valence-electron chi connectivity index (χ4n) is 1.38. The van der Waals surface area contributed by atoms with Gasteiger partial charge in [0, 0.05) is 11.6 Å². The van der Waals surface area contributed by atoms with E-state index in [1.807, 2.05) is 31.2 Å². The van der Waals surface area contributed by atoms with Crippen molar-refractivity contribution in [2.75, 3.05) is 13.2 Å². The molecule has 16 heavy (non-hydrogen) atoms. The molecule has 4 N–H and O–H groups in total. The van der Waals surface area contributed by atoms with Gasteiger partial charge in [0.25, 0.3) is 0 Å². The molecule has 1 rings (SSSR count). The molecule has 0 bridgehead atoms. The molecule has 0 aliphatic heterocycles. The lowest BCUT2D eigenvalue weighted by molar-refractivity contribution is 0.0532. The second-order valence-electron chi connectivity index (χ2n) is 3.70. The Morgan fingerprint density at radius 2 is 2.06 bits per heavy atom. The average molecular weight is 225 g/mol. The van der Waals surface area contributed by atoms with Crippen molar-refractivity contribution in [3.05, 3.63) is 29.8 Å². The number of rotatable bonds is 6. The third-order valence-corrected chi connectivity index (χ3v) is 2.40. The maximum absolute atomic E-state index is 9.20. The summed E-state index contributed by atoms with van der Waals surface area (Å²) in [6.45, 7) is 1.77. The summed E-state index contributed by atoms with van der Waals surface area (Å²) in [5, 5.41) is 17.9. The van der Waals surface area contributed by atoms with Crippen LogP contribution in [0.25, 0.3) is 0 Å². The Bertz CT molecular complexity index is 317. The Morgan fingerprint density at radius 1 is 1.38 bits per heavy atom. The zero-order chi connectivity index (χ0) is 12.0. The smallest absolute Gasteiger partial charge is 0.124 e. The molecule has 0 aliphatic carbocycles. The van der Waals surface area contributed by atoms with Crippen molar-refractivity contribution in [2.24, 2.45) is 5.73 Å². The summed E-state index contributed by atoms with van der Waals surface area (Å²) in [6, 6.07) is 7.42. The van der Waals surface area contributed by atoms with Crippen molar-refractivity contribution >= 4 is 0 Å². The highest BCUT2D eigenvalue weighted by molar-refractivity contribution is 5.35. The lowest BCUT2D eigenvalue weighted by Crippen LogP contribution is -2.22. The molecule has 0 aromatic heterocycles. The summed E-state index contributed by atoms with van der Waals surface area (Å²) >= 11 is 0. The maximum atomic E-state index is 9.20. The zero-order valence-corrected chi connectivity index (χ0v) is 9.47. The highest BCUT2D eigenvalue weighted by Crippen LogP contribution is 2.25. The number of ether oxygens (including phenoxy) is 1. The van der Waals surface area contributed by atoms with Crippen molar-refractivity contribution in [3.8, 4) is 5.75 Å². The van der Waals surface area contributed by atoms with Gasteiger partial charge in [0.1, 0.15) is 18.5 Å². The van der Waals surface area contributed by atoms with E-state index < -0.39 is 6.10 Å². The monoisotopic (exact) mass is 225 g/mol. The van der Waals surface area contributed by atoms with Crippen LogP contribution >= 0.6 is 0 Å². The van der Waals surface area contributed by atoms with Crippen LogP contribution in [0.3, 0.4) is 0 Å². The standard InChI is InChI=1S/C12H19NO3/c1-2-11(13)10-5-3-4-6-12(10)16-8-9(15)7-14/h3-6,9,11,14-15H,2,7-8,13H2,1H3/t9?,11-/m0/s1. The van der Waals surface area contributed by atoms with E-state index in [4.69, 9.17) is 15.6 Å². The molecular weight excluding hydrogens is 206 g/mol. The predicted octanol–water partition coefficient (Wildman–Crippen LogP) is 0.828. The van der Waals surface area contributed by atoms with Gasteiger partial charge in [0.2, 0.25) is 0 Å². The molecule has 0 heterocycles. The number of aliphatic hydroxyl groups is 2. The van der Waals surface area contributed by atoms with Crippen LogP contribution in [0, 0.1) is 0 Å². The van der Waals surface area contributed by atoms with E-state index in [1.54, 1.807) is 0 Å². The predicted molar refractivity (Wildman–Crippen MR) is 62.2 cm³/mol. The average Bonchev–Trinajstić information content (AvgIpc) is 2.35. The lowest BCUT2D eigenvalue weighted by atomic mass is 10.0. The van der Waals surface area contributed by atoms with Gasteiger partial charge in [-0.05, 0) is 12.5 Å². The fraction of sp³-hybridized carbons (Fsp3) is 0.500. The largest absolute Gasteiger partial charge is 0.490 e. The van der Waals surface area contributed by atoms with E-state index in [-0.39, 0.29) is 19.3 Å². The molecule has 0 aliphatic rings. The van der Waals surface area contributed by atoms with Crippen LogP contribution in [0.2, 0.25) is 0 Å². The minimum Gasteiger partial charge on any atom is -0.490 e. The molecule has 90 valence electrons. The number of hydrogen-bond donors (Lipinski definition) is 3. The van der Waals surface area contributed by atoms with E-state index in [0.717, 1.165) is 12.0 Å². The van der Waals surface area contributed by atoms with Gasteiger partial charge in [-0.2, -0.15) is 0 Å². The normalized spacial score (nSPS) is 14.5. The van der Waals surface area contributed by atoms with Gasteiger partial charge in [-0.15, -0.1) is 0 Å². The minimum absolute atomic E-state index is 0.0672. The zero-order valence-electron chi connectivity index (χ0n) is 9.47. The first-order valence-corrected chi connectivity index (χ1v) is 5.45. The summed E-state index contributed by atoms with van der Waals surface area (Å²) in [5.41, 5.74) is 6.87. The second kappa shape index (κ2) is 6.48. The second-order valence-corrected chi connectivity index (χ2v) is 3.70. The Labute approximate surface area is 95.7 Å². The SMILES string of the molecule is CC[C@H](N)c1ccccc1OCC(O)CO.